The van der Waals surface area contributed by atoms with Gasteiger partial charge in [-0.05, 0) is 0 Å². The van der Waals surface area contributed by atoms with Gasteiger partial charge in [0, 0.05) is 0 Å². The van der Waals surface area contributed by atoms with Crippen molar-refractivity contribution in [3.05, 3.63) is 97.1 Å². The third-order valence-electron chi connectivity index (χ3n) is 6.50. The van der Waals surface area contributed by atoms with Crippen LogP contribution in [0.5, 0.6) is 5.75 Å². The monoisotopic (exact) mass is 594 g/mol. The molecule has 4 nitrogen and oxygen atoms in total. The van der Waals surface area contributed by atoms with Gasteiger partial charge in [-0.1, -0.05) is 0 Å². The van der Waals surface area contributed by atoms with Crippen LogP contribution >= 0.6 is 20.2 Å². The van der Waals surface area contributed by atoms with E-state index in [1.807, 2.05) is 24.3 Å². The van der Waals surface area contributed by atoms with Crippen molar-refractivity contribution in [2.45, 2.75) is 65.2 Å². The quantitative estimate of drug-likeness (QED) is 0.224. The summed E-state index contributed by atoms with van der Waals surface area (Å²) in [4.78, 5) is 0. The van der Waals surface area contributed by atoms with Crippen molar-refractivity contribution in [2.24, 2.45) is 0 Å². The fourth-order valence-corrected chi connectivity index (χ4v) is 9.53. The fraction of sp³-hybridized carbons (Fsp3) is 0.357. The average molecular weight is 595 g/mol. The van der Waals surface area contributed by atoms with Crippen LogP contribution in [0.15, 0.2) is 78.9 Å². The molecule has 0 bridgehead atoms. The summed E-state index contributed by atoms with van der Waals surface area (Å²) in [6, 6.07) is 24.9. The van der Waals surface area contributed by atoms with Gasteiger partial charge in [0.15, 0.2) is 0 Å². The van der Waals surface area contributed by atoms with E-state index >= 15 is 0 Å². The Morgan fingerprint density at radius 3 is 1.47 bits per heavy atom. The zero-order chi connectivity index (χ0) is 25.0. The summed E-state index contributed by atoms with van der Waals surface area (Å²) in [5.74, 6) is 0.235. The summed E-state index contributed by atoms with van der Waals surface area (Å²) in [5.41, 5.74) is 2.54. The van der Waals surface area contributed by atoms with E-state index in [0.717, 1.165) is 20.0 Å². The summed E-state index contributed by atoms with van der Waals surface area (Å²) < 4.78 is 38.7. The molecular formula is C28H35IO4S. The first-order valence-corrected chi connectivity index (χ1v) is 15.9. The molecule has 0 fully saturated rings. The molecule has 0 atom stereocenters. The van der Waals surface area contributed by atoms with Gasteiger partial charge in [0.1, 0.15) is 0 Å². The second-order valence-corrected chi connectivity index (χ2v) is 15.7. The first-order valence-electron chi connectivity index (χ1n) is 11.6. The second-order valence-electron chi connectivity index (χ2n) is 9.61. The molecule has 0 amide bonds. The Bertz CT molecular complexity index is 1110. The van der Waals surface area contributed by atoms with Crippen LogP contribution in [0.1, 0.15) is 65.5 Å². The van der Waals surface area contributed by atoms with Crippen molar-refractivity contribution >= 4 is 30.6 Å². The molecule has 0 heterocycles. The minimum absolute atomic E-state index is 0.0499. The predicted octanol–water partition coefficient (Wildman–Crippen LogP) is 7.86. The maximum atomic E-state index is 12.9. The predicted molar refractivity (Wildman–Crippen MR) is 148 cm³/mol. The molecule has 184 valence electrons. The summed E-state index contributed by atoms with van der Waals surface area (Å²) >= 11 is -2.82. The normalized spacial score (nSPS) is 12.9. The summed E-state index contributed by atoms with van der Waals surface area (Å²) in [5, 5.41) is 0. The van der Waals surface area contributed by atoms with Gasteiger partial charge in [-0.3, -0.25) is 0 Å². The zero-order valence-corrected chi connectivity index (χ0v) is 23.8. The molecule has 0 unspecified atom stereocenters. The van der Waals surface area contributed by atoms with Gasteiger partial charge in [0.2, 0.25) is 0 Å². The Labute approximate surface area is 213 Å². The van der Waals surface area contributed by atoms with Gasteiger partial charge in [-0.2, -0.15) is 0 Å². The molecule has 0 radical (unpaired) electrons. The van der Waals surface area contributed by atoms with Crippen LogP contribution in [0.25, 0.3) is 0 Å². The third-order valence-corrected chi connectivity index (χ3v) is 13.3. The molecule has 6 heteroatoms. The molecule has 3 rings (SSSR count). The van der Waals surface area contributed by atoms with Gasteiger partial charge >= 0.3 is 214 Å². The summed E-state index contributed by atoms with van der Waals surface area (Å²) in [6.07, 6.45) is 2.03. The second kappa shape index (κ2) is 10.8. The zero-order valence-electron chi connectivity index (χ0n) is 20.8. The van der Waals surface area contributed by atoms with E-state index in [-0.39, 0.29) is 16.6 Å². The average Bonchev–Trinajstić information content (AvgIpc) is 2.83. The third kappa shape index (κ3) is 6.61. The number of para-hydroxylation sites is 1. The SMILES string of the molecule is CCC(C)(C)c1ccc(I(OS(=O)(=O)Oc2ccccc2)c2ccc(C(C)(C)CC)cc2)cc1. The first kappa shape index (κ1) is 26.7. The van der Waals surface area contributed by atoms with Crippen molar-refractivity contribution in [3.8, 4) is 5.75 Å². The van der Waals surface area contributed by atoms with Crippen LogP contribution in [0.4, 0.5) is 0 Å². The number of halogens is 1. The van der Waals surface area contributed by atoms with Gasteiger partial charge in [0.05, 0.1) is 0 Å². The van der Waals surface area contributed by atoms with Crippen LogP contribution in [0, 0.1) is 7.14 Å². The van der Waals surface area contributed by atoms with Crippen molar-refractivity contribution in [2.75, 3.05) is 0 Å². The summed E-state index contributed by atoms with van der Waals surface area (Å²) in [7, 11) is -4.25. The first-order chi connectivity index (χ1) is 16.0. The molecule has 0 aliphatic rings. The van der Waals surface area contributed by atoms with Crippen LogP contribution in [-0.2, 0) is 23.7 Å². The minimum atomic E-state index is -4.25. The Hall–Kier alpha value is -1.90. The Morgan fingerprint density at radius 2 is 1.09 bits per heavy atom. The molecule has 34 heavy (non-hydrogen) atoms. The van der Waals surface area contributed by atoms with Crippen LogP contribution < -0.4 is 4.18 Å². The topological polar surface area (TPSA) is 52.6 Å². The molecule has 0 aromatic heterocycles. The van der Waals surface area contributed by atoms with Crippen LogP contribution in [0.3, 0.4) is 0 Å². The molecule has 0 saturated heterocycles. The van der Waals surface area contributed by atoms with E-state index in [1.54, 1.807) is 30.3 Å². The molecule has 0 spiro atoms. The number of hydrogen-bond donors (Lipinski definition) is 0. The Balaban J connectivity index is 1.98. The summed E-state index contributed by atoms with van der Waals surface area (Å²) in [6.45, 7) is 13.2. The van der Waals surface area contributed by atoms with E-state index in [4.69, 9.17) is 6.70 Å². The van der Waals surface area contributed by atoms with Crippen LogP contribution in [0.2, 0.25) is 0 Å². The van der Waals surface area contributed by atoms with Crippen molar-refractivity contribution in [3.63, 3.8) is 0 Å². The van der Waals surface area contributed by atoms with Crippen molar-refractivity contribution in [1.29, 1.82) is 0 Å². The molecule has 0 N–H and O–H groups in total. The fourth-order valence-electron chi connectivity index (χ4n) is 3.32. The van der Waals surface area contributed by atoms with Gasteiger partial charge in [-0.25, -0.2) is 0 Å². The van der Waals surface area contributed by atoms with Gasteiger partial charge in [-0.15, -0.1) is 0 Å². The number of hydrogen-bond acceptors (Lipinski definition) is 4. The maximum absolute atomic E-state index is 12.9. The van der Waals surface area contributed by atoms with E-state index in [9.17, 15) is 8.42 Å². The molecule has 0 saturated carbocycles. The Kier molecular flexibility index (Phi) is 8.47. The molecule has 3 aromatic carbocycles. The Morgan fingerprint density at radius 1 is 0.676 bits per heavy atom. The molecule has 0 aliphatic carbocycles. The molecule has 3 aromatic rings. The van der Waals surface area contributed by atoms with Gasteiger partial charge < -0.3 is 0 Å². The number of rotatable bonds is 10. The molecular weight excluding hydrogens is 559 g/mol. The van der Waals surface area contributed by atoms with Crippen molar-refractivity contribution < 1.29 is 15.1 Å². The standard InChI is InChI=1S/C28H35IO4S/c1-7-27(3,4)22-14-18-24(19-15-22)29(25-20-16-23(17-21-25)28(5,6)8-2)33-34(30,31)32-26-12-10-9-11-13-26/h9-21H,7-8H2,1-6H3. The van der Waals surface area contributed by atoms with E-state index in [1.165, 1.54) is 11.1 Å². The van der Waals surface area contributed by atoms with E-state index < -0.39 is 30.6 Å². The van der Waals surface area contributed by atoms with Gasteiger partial charge in [0.25, 0.3) is 0 Å². The van der Waals surface area contributed by atoms with Crippen LogP contribution in [-0.4, -0.2) is 8.42 Å². The van der Waals surface area contributed by atoms with Crippen molar-refractivity contribution in [1.82, 2.24) is 0 Å². The number of benzene rings is 3. The van der Waals surface area contributed by atoms with E-state index in [2.05, 4.69) is 65.8 Å². The van der Waals surface area contributed by atoms with E-state index in [0.29, 0.717) is 0 Å². The molecule has 0 aliphatic heterocycles.